The van der Waals surface area contributed by atoms with Crippen molar-refractivity contribution >= 4 is 34.0 Å². The van der Waals surface area contributed by atoms with Gasteiger partial charge in [0.25, 0.3) is 0 Å². The Morgan fingerprint density at radius 2 is 0.911 bits per heavy atom. The van der Waals surface area contributed by atoms with E-state index in [9.17, 15) is 0 Å². The summed E-state index contributed by atoms with van der Waals surface area (Å²) in [5.74, 6) is 1.01. The van der Waals surface area contributed by atoms with Crippen LogP contribution in [0.15, 0.2) is 189 Å². The molecular formula is C49H28N4O2S. The first kappa shape index (κ1) is 31.3. The van der Waals surface area contributed by atoms with Crippen LogP contribution in [0.5, 0.6) is 0 Å². The minimum atomic E-state index is -0.418. The van der Waals surface area contributed by atoms with Crippen LogP contribution in [0.2, 0.25) is 0 Å². The molecule has 0 saturated carbocycles. The Hall–Kier alpha value is -7.09. The van der Waals surface area contributed by atoms with Crippen LogP contribution in [0.25, 0.3) is 78.5 Å². The van der Waals surface area contributed by atoms with Crippen molar-refractivity contribution in [3.63, 3.8) is 0 Å². The van der Waals surface area contributed by atoms with Gasteiger partial charge in [-0.3, -0.25) is 9.97 Å². The molecule has 0 N–H and O–H groups in total. The molecule has 12 rings (SSSR count). The van der Waals surface area contributed by atoms with Gasteiger partial charge in [-0.25, -0.2) is 9.97 Å². The SMILES string of the molecule is c1ccc2c(c1)Sc1ccccc1C21c2ccccc2-c2ccc(-c3ccc(-c4cc(-c5nc6cnccc6o5)cc(-c5nc6cnccc6o5)c4)cc3)cc21. The van der Waals surface area contributed by atoms with Gasteiger partial charge in [0.2, 0.25) is 11.8 Å². The van der Waals surface area contributed by atoms with Crippen LogP contribution >= 0.6 is 11.8 Å². The molecule has 4 aromatic heterocycles. The molecule has 56 heavy (non-hydrogen) atoms. The van der Waals surface area contributed by atoms with Gasteiger partial charge in [-0.2, -0.15) is 0 Å². The number of nitrogens with zero attached hydrogens (tertiary/aromatic N) is 4. The summed E-state index contributed by atoms with van der Waals surface area (Å²) in [5, 5.41) is 0. The predicted molar refractivity (Wildman–Crippen MR) is 220 cm³/mol. The van der Waals surface area contributed by atoms with E-state index in [-0.39, 0.29) is 0 Å². The summed E-state index contributed by atoms with van der Waals surface area (Å²) in [4.78, 5) is 20.6. The Labute approximate surface area is 325 Å². The van der Waals surface area contributed by atoms with Gasteiger partial charge < -0.3 is 8.83 Å². The summed E-state index contributed by atoms with van der Waals surface area (Å²) in [6.07, 6.45) is 6.84. The van der Waals surface area contributed by atoms with E-state index in [1.54, 1.807) is 24.8 Å². The lowest BCUT2D eigenvalue weighted by Gasteiger charge is -2.39. The van der Waals surface area contributed by atoms with Crippen molar-refractivity contribution in [2.24, 2.45) is 0 Å². The first-order chi connectivity index (χ1) is 27.7. The fraction of sp³-hybridized carbons (Fsp3) is 0.0204. The Balaban J connectivity index is 0.991. The van der Waals surface area contributed by atoms with Gasteiger partial charge in [0.05, 0.1) is 17.8 Å². The molecular weight excluding hydrogens is 709 g/mol. The molecule has 0 radical (unpaired) electrons. The second-order valence-electron chi connectivity index (χ2n) is 14.3. The average Bonchev–Trinajstić information content (AvgIpc) is 3.98. The number of aromatic nitrogens is 4. The fourth-order valence-corrected chi connectivity index (χ4v) is 9.93. The molecule has 0 unspecified atom stereocenters. The first-order valence-corrected chi connectivity index (χ1v) is 19.3. The highest BCUT2D eigenvalue weighted by Crippen LogP contribution is 2.62. The Morgan fingerprint density at radius 1 is 0.411 bits per heavy atom. The van der Waals surface area contributed by atoms with E-state index in [4.69, 9.17) is 18.8 Å². The van der Waals surface area contributed by atoms with Gasteiger partial charge in [-0.05, 0) is 92.0 Å². The Bertz CT molecular complexity index is 3000. The molecule has 10 aromatic rings. The summed E-state index contributed by atoms with van der Waals surface area (Å²) in [7, 11) is 0. The van der Waals surface area contributed by atoms with Crippen LogP contribution < -0.4 is 0 Å². The third kappa shape index (κ3) is 4.58. The largest absolute Gasteiger partial charge is 0.436 e. The molecule has 0 atom stereocenters. The quantitative estimate of drug-likeness (QED) is 0.178. The van der Waals surface area contributed by atoms with Crippen LogP contribution in [-0.4, -0.2) is 19.9 Å². The predicted octanol–water partition coefficient (Wildman–Crippen LogP) is 12.3. The maximum Gasteiger partial charge on any atom is 0.227 e. The lowest BCUT2D eigenvalue weighted by molar-refractivity contribution is 0.617. The van der Waals surface area contributed by atoms with Crippen LogP contribution in [0.1, 0.15) is 22.3 Å². The molecule has 1 aliphatic carbocycles. The van der Waals surface area contributed by atoms with Crippen LogP contribution in [-0.2, 0) is 5.41 Å². The van der Waals surface area contributed by atoms with Crippen LogP contribution in [0, 0.1) is 0 Å². The summed E-state index contributed by atoms with van der Waals surface area (Å²) >= 11 is 1.87. The second-order valence-corrected chi connectivity index (χ2v) is 15.3. The third-order valence-electron chi connectivity index (χ3n) is 11.2. The molecule has 0 amide bonds. The van der Waals surface area contributed by atoms with Gasteiger partial charge in [-0.1, -0.05) is 109 Å². The maximum atomic E-state index is 6.21. The van der Waals surface area contributed by atoms with Crippen molar-refractivity contribution < 1.29 is 8.83 Å². The van der Waals surface area contributed by atoms with E-state index in [2.05, 4.69) is 137 Å². The number of benzene rings is 6. The summed E-state index contributed by atoms with van der Waals surface area (Å²) in [6, 6.07) is 52.5. The number of rotatable bonds is 4. The minimum Gasteiger partial charge on any atom is -0.436 e. The van der Waals surface area contributed by atoms with E-state index in [0.717, 1.165) is 27.8 Å². The molecule has 1 spiro atoms. The van der Waals surface area contributed by atoms with Crippen molar-refractivity contribution in [1.82, 2.24) is 19.9 Å². The monoisotopic (exact) mass is 736 g/mol. The molecule has 6 nitrogen and oxygen atoms in total. The molecule has 0 bridgehead atoms. The number of oxazole rings is 2. The van der Waals surface area contributed by atoms with Crippen molar-refractivity contribution in [3.8, 4) is 56.3 Å². The molecule has 2 aliphatic rings. The molecule has 0 saturated heterocycles. The zero-order valence-electron chi connectivity index (χ0n) is 29.7. The van der Waals surface area contributed by atoms with E-state index < -0.39 is 5.41 Å². The normalized spacial score (nSPS) is 13.4. The van der Waals surface area contributed by atoms with Crippen molar-refractivity contribution in [2.45, 2.75) is 15.2 Å². The van der Waals surface area contributed by atoms with Crippen LogP contribution in [0.3, 0.4) is 0 Å². The van der Waals surface area contributed by atoms with Gasteiger partial charge in [0, 0.05) is 45.4 Å². The van der Waals surface area contributed by atoms with Crippen molar-refractivity contribution in [2.75, 3.05) is 0 Å². The standard InChI is InChI=1S/C49H28N4O2S/c1-2-8-37-35(7-1)36-18-17-31(26-40(36)49(37)38-9-3-5-11-45(38)56-46-12-6-4-10-39(46)49)29-13-15-30(16-14-29)32-23-33(47-52-41-27-50-21-19-43(41)54-47)25-34(24-32)48-53-42-28-51-22-20-44(42)55-48/h1-28H. The lowest BCUT2D eigenvalue weighted by atomic mass is 9.67. The van der Waals surface area contributed by atoms with Gasteiger partial charge in [-0.15, -0.1) is 0 Å². The number of hydrogen-bond acceptors (Lipinski definition) is 7. The summed E-state index contributed by atoms with van der Waals surface area (Å²) in [5.41, 5.74) is 16.2. The fourth-order valence-electron chi connectivity index (χ4n) is 8.74. The number of fused-ring (bicyclic) bond motifs is 11. The van der Waals surface area contributed by atoms with E-state index in [1.807, 2.05) is 30.0 Å². The highest BCUT2D eigenvalue weighted by Gasteiger charge is 2.50. The zero-order chi connectivity index (χ0) is 36.8. The highest BCUT2D eigenvalue weighted by molar-refractivity contribution is 7.99. The Morgan fingerprint density at radius 3 is 1.52 bits per heavy atom. The molecule has 7 heteroatoms. The summed E-state index contributed by atoms with van der Waals surface area (Å²) < 4.78 is 12.4. The van der Waals surface area contributed by atoms with E-state index >= 15 is 0 Å². The van der Waals surface area contributed by atoms with E-state index in [1.165, 1.54) is 48.7 Å². The molecule has 262 valence electrons. The lowest BCUT2D eigenvalue weighted by Crippen LogP contribution is -2.31. The topological polar surface area (TPSA) is 77.8 Å². The molecule has 1 aliphatic heterocycles. The molecule has 0 fully saturated rings. The third-order valence-corrected chi connectivity index (χ3v) is 12.4. The smallest absolute Gasteiger partial charge is 0.227 e. The van der Waals surface area contributed by atoms with Crippen LogP contribution in [0.4, 0.5) is 0 Å². The van der Waals surface area contributed by atoms with Crippen molar-refractivity contribution in [3.05, 3.63) is 193 Å². The molecule has 6 aromatic carbocycles. The molecule has 5 heterocycles. The second kappa shape index (κ2) is 12.0. The first-order valence-electron chi connectivity index (χ1n) is 18.5. The zero-order valence-corrected chi connectivity index (χ0v) is 30.5. The van der Waals surface area contributed by atoms with Gasteiger partial charge in [0.15, 0.2) is 11.2 Å². The Kier molecular flexibility index (Phi) is 6.68. The number of pyridine rings is 2. The van der Waals surface area contributed by atoms with Gasteiger partial charge in [0.1, 0.15) is 11.0 Å². The highest BCUT2D eigenvalue weighted by atomic mass is 32.2. The average molecular weight is 737 g/mol. The van der Waals surface area contributed by atoms with Crippen molar-refractivity contribution in [1.29, 1.82) is 0 Å². The maximum absolute atomic E-state index is 6.21. The van der Waals surface area contributed by atoms with E-state index in [0.29, 0.717) is 34.0 Å². The van der Waals surface area contributed by atoms with Gasteiger partial charge >= 0.3 is 0 Å². The minimum absolute atomic E-state index is 0.418. The number of hydrogen-bond donors (Lipinski definition) is 0. The summed E-state index contributed by atoms with van der Waals surface area (Å²) in [6.45, 7) is 0.